The van der Waals surface area contributed by atoms with Gasteiger partial charge in [0.05, 0.1) is 13.2 Å². The zero-order valence-electron chi connectivity index (χ0n) is 16.6. The molecule has 2 heterocycles. The van der Waals surface area contributed by atoms with Gasteiger partial charge in [-0.3, -0.25) is 4.79 Å². The third-order valence-electron chi connectivity index (χ3n) is 4.82. The van der Waals surface area contributed by atoms with Crippen molar-refractivity contribution in [3.63, 3.8) is 0 Å². The van der Waals surface area contributed by atoms with Crippen LogP contribution in [0.1, 0.15) is 27.8 Å². The molecule has 1 aromatic heterocycles. The molecule has 29 heavy (non-hydrogen) atoms. The molecule has 1 fully saturated rings. The van der Waals surface area contributed by atoms with Gasteiger partial charge in [0.1, 0.15) is 6.04 Å². The lowest BCUT2D eigenvalue weighted by molar-refractivity contribution is -0.00577. The van der Waals surface area contributed by atoms with Crippen molar-refractivity contribution >= 4 is 5.91 Å². The van der Waals surface area contributed by atoms with E-state index in [2.05, 4.69) is 15.0 Å². The van der Waals surface area contributed by atoms with Crippen molar-refractivity contribution in [3.8, 4) is 11.5 Å². The monoisotopic (exact) mass is 392 g/mol. The Morgan fingerprint density at radius 2 is 2.00 bits per heavy atom. The molecule has 0 N–H and O–H groups in total. The summed E-state index contributed by atoms with van der Waals surface area (Å²) in [7, 11) is 4.01. The van der Waals surface area contributed by atoms with E-state index in [0.717, 1.165) is 17.7 Å². The number of aromatic nitrogens is 2. The molecule has 0 radical (unpaired) electrons. The molecular formula is C22H24N4O3. The van der Waals surface area contributed by atoms with Gasteiger partial charge in [0.15, 0.2) is 5.82 Å². The van der Waals surface area contributed by atoms with Crippen LogP contribution >= 0.6 is 0 Å². The number of amides is 1. The Kier molecular flexibility index (Phi) is 5.69. The minimum absolute atomic E-state index is 0.0510. The van der Waals surface area contributed by atoms with Gasteiger partial charge in [-0.2, -0.15) is 4.98 Å². The fourth-order valence-electron chi connectivity index (χ4n) is 3.46. The molecule has 3 aromatic rings. The summed E-state index contributed by atoms with van der Waals surface area (Å²) in [5, 5.41) is 4.13. The maximum absolute atomic E-state index is 13.3. The Balaban J connectivity index is 1.58. The van der Waals surface area contributed by atoms with Crippen LogP contribution in [0.3, 0.4) is 0 Å². The van der Waals surface area contributed by atoms with Crippen molar-refractivity contribution in [2.75, 3.05) is 33.9 Å². The normalized spacial score (nSPS) is 16.9. The van der Waals surface area contributed by atoms with Gasteiger partial charge in [0.25, 0.3) is 11.8 Å². The summed E-state index contributed by atoms with van der Waals surface area (Å²) in [6.45, 7) is 2.09. The Hall–Kier alpha value is -3.03. The van der Waals surface area contributed by atoms with E-state index in [9.17, 15) is 4.79 Å². The molecule has 1 amide bonds. The molecule has 0 spiro atoms. The first-order valence-electron chi connectivity index (χ1n) is 9.63. The number of benzene rings is 2. The fourth-order valence-corrected chi connectivity index (χ4v) is 3.46. The minimum Gasteiger partial charge on any atom is -0.377 e. The second-order valence-corrected chi connectivity index (χ2v) is 7.35. The predicted octanol–water partition coefficient (Wildman–Crippen LogP) is 3.01. The first-order valence-corrected chi connectivity index (χ1v) is 9.63. The van der Waals surface area contributed by atoms with Crippen molar-refractivity contribution in [2.24, 2.45) is 0 Å². The Bertz CT molecular complexity index is 971. The molecule has 0 bridgehead atoms. The average Bonchev–Trinajstić information content (AvgIpc) is 3.24. The van der Waals surface area contributed by atoms with Crippen LogP contribution in [0.2, 0.25) is 0 Å². The van der Waals surface area contributed by atoms with Crippen molar-refractivity contribution < 1.29 is 14.1 Å². The molecule has 1 atom stereocenters. The molecule has 1 saturated heterocycles. The van der Waals surface area contributed by atoms with Crippen LogP contribution in [0.15, 0.2) is 59.1 Å². The predicted molar refractivity (Wildman–Crippen MR) is 108 cm³/mol. The Morgan fingerprint density at radius 3 is 2.79 bits per heavy atom. The summed E-state index contributed by atoms with van der Waals surface area (Å²) in [4.78, 5) is 21.6. The number of rotatable bonds is 5. The smallest absolute Gasteiger partial charge is 0.257 e. The van der Waals surface area contributed by atoms with Gasteiger partial charge in [-0.15, -0.1) is 0 Å². The molecule has 4 rings (SSSR count). The number of carbonyl (C=O) groups is 1. The van der Waals surface area contributed by atoms with E-state index in [1.807, 2.05) is 68.7 Å². The molecule has 150 valence electrons. The standard InChI is InChI=1S/C22H24N4O3/c1-25(2)14-16-7-6-10-18(13-16)22(27)26-11-12-28-15-19(26)20-23-21(29-24-20)17-8-4-3-5-9-17/h3-10,13,19H,11-12,14-15H2,1-2H3/t19-/m0/s1. The second-order valence-electron chi connectivity index (χ2n) is 7.35. The number of hydrogen-bond acceptors (Lipinski definition) is 6. The van der Waals surface area contributed by atoms with Crippen molar-refractivity contribution in [2.45, 2.75) is 12.6 Å². The summed E-state index contributed by atoms with van der Waals surface area (Å²) in [5.74, 6) is 0.845. The lowest BCUT2D eigenvalue weighted by atomic mass is 10.1. The summed E-state index contributed by atoms with van der Waals surface area (Å²) < 4.78 is 11.1. The molecule has 2 aromatic carbocycles. The number of morpholine rings is 1. The summed E-state index contributed by atoms with van der Waals surface area (Å²) >= 11 is 0. The van der Waals surface area contributed by atoms with Crippen LogP contribution in [0.25, 0.3) is 11.5 Å². The zero-order valence-corrected chi connectivity index (χ0v) is 16.6. The van der Waals surface area contributed by atoms with Crippen LogP contribution in [-0.4, -0.2) is 59.7 Å². The highest BCUT2D eigenvalue weighted by Gasteiger charge is 2.33. The van der Waals surface area contributed by atoms with Gasteiger partial charge in [0.2, 0.25) is 0 Å². The molecule has 1 aliphatic heterocycles. The van der Waals surface area contributed by atoms with Gasteiger partial charge in [-0.1, -0.05) is 35.5 Å². The third kappa shape index (κ3) is 4.36. The van der Waals surface area contributed by atoms with Crippen LogP contribution in [0, 0.1) is 0 Å². The van der Waals surface area contributed by atoms with Crippen molar-refractivity contribution in [1.82, 2.24) is 19.9 Å². The summed E-state index contributed by atoms with van der Waals surface area (Å²) in [6.07, 6.45) is 0. The largest absolute Gasteiger partial charge is 0.377 e. The first-order chi connectivity index (χ1) is 14.1. The van der Waals surface area contributed by atoms with E-state index < -0.39 is 0 Å². The highest BCUT2D eigenvalue weighted by molar-refractivity contribution is 5.94. The van der Waals surface area contributed by atoms with E-state index in [1.165, 1.54) is 0 Å². The number of nitrogens with zero attached hydrogens (tertiary/aromatic N) is 4. The average molecular weight is 392 g/mol. The highest BCUT2D eigenvalue weighted by atomic mass is 16.5. The molecular weight excluding hydrogens is 368 g/mol. The number of ether oxygens (including phenoxy) is 1. The summed E-state index contributed by atoms with van der Waals surface area (Å²) in [5.41, 5.74) is 2.59. The molecule has 7 heteroatoms. The summed E-state index contributed by atoms with van der Waals surface area (Å²) in [6, 6.07) is 16.9. The van der Waals surface area contributed by atoms with E-state index in [1.54, 1.807) is 4.90 Å². The third-order valence-corrected chi connectivity index (χ3v) is 4.82. The Labute approximate surface area is 169 Å². The Morgan fingerprint density at radius 1 is 1.17 bits per heavy atom. The van der Waals surface area contributed by atoms with Crippen LogP contribution in [0.4, 0.5) is 0 Å². The SMILES string of the molecule is CN(C)Cc1cccc(C(=O)N2CCOC[C@H]2c2noc(-c3ccccc3)n2)c1. The molecule has 1 aliphatic rings. The van der Waals surface area contributed by atoms with Crippen molar-refractivity contribution in [1.29, 1.82) is 0 Å². The fraction of sp³-hybridized carbons (Fsp3) is 0.318. The minimum atomic E-state index is -0.380. The first kappa shape index (κ1) is 19.3. The van der Waals surface area contributed by atoms with Gasteiger partial charge in [-0.25, -0.2) is 0 Å². The van der Waals surface area contributed by atoms with E-state index >= 15 is 0 Å². The van der Waals surface area contributed by atoms with Gasteiger partial charge in [-0.05, 0) is 43.9 Å². The molecule has 0 unspecified atom stereocenters. The second kappa shape index (κ2) is 8.55. The number of carbonyl (C=O) groups excluding carboxylic acids is 1. The number of hydrogen-bond donors (Lipinski definition) is 0. The molecule has 0 aliphatic carbocycles. The van der Waals surface area contributed by atoms with E-state index in [-0.39, 0.29) is 11.9 Å². The zero-order chi connectivity index (χ0) is 20.2. The maximum atomic E-state index is 13.3. The van der Waals surface area contributed by atoms with E-state index in [0.29, 0.717) is 37.0 Å². The quantitative estimate of drug-likeness (QED) is 0.665. The van der Waals surface area contributed by atoms with Crippen LogP contribution in [0.5, 0.6) is 0 Å². The lowest BCUT2D eigenvalue weighted by Crippen LogP contribution is -2.43. The molecule has 0 saturated carbocycles. The van der Waals surface area contributed by atoms with Gasteiger partial charge < -0.3 is 19.1 Å². The topological polar surface area (TPSA) is 71.7 Å². The lowest BCUT2D eigenvalue weighted by Gasteiger charge is -2.33. The molecule has 7 nitrogen and oxygen atoms in total. The van der Waals surface area contributed by atoms with E-state index in [4.69, 9.17) is 9.26 Å². The van der Waals surface area contributed by atoms with Gasteiger partial charge in [0, 0.05) is 24.2 Å². The maximum Gasteiger partial charge on any atom is 0.257 e. The van der Waals surface area contributed by atoms with Gasteiger partial charge >= 0.3 is 0 Å². The van der Waals surface area contributed by atoms with Crippen LogP contribution in [-0.2, 0) is 11.3 Å². The van der Waals surface area contributed by atoms with Crippen molar-refractivity contribution in [3.05, 3.63) is 71.5 Å². The van der Waals surface area contributed by atoms with Crippen LogP contribution < -0.4 is 0 Å². The highest BCUT2D eigenvalue weighted by Crippen LogP contribution is 2.26.